The predicted octanol–water partition coefficient (Wildman–Crippen LogP) is 2.06. The van der Waals surface area contributed by atoms with Gasteiger partial charge < -0.3 is 4.74 Å². The molecule has 0 aromatic carbocycles. The quantitative estimate of drug-likeness (QED) is 0.611. The van der Waals surface area contributed by atoms with E-state index in [0.717, 1.165) is 11.3 Å². The molecule has 154 valence electrons. The summed E-state index contributed by atoms with van der Waals surface area (Å²) in [7, 11) is 3.61. The lowest BCUT2D eigenvalue weighted by atomic mass is 10.1. The second kappa shape index (κ2) is 9.64. The highest BCUT2D eigenvalue weighted by Crippen LogP contribution is 2.17. The van der Waals surface area contributed by atoms with Gasteiger partial charge in [0.1, 0.15) is 12.4 Å². The number of rotatable bonds is 9. The van der Waals surface area contributed by atoms with Gasteiger partial charge >= 0.3 is 11.7 Å². The number of nitrogens with zero attached hydrogens (tertiary/aromatic N) is 5. The van der Waals surface area contributed by atoms with E-state index in [0.29, 0.717) is 18.9 Å². The first kappa shape index (κ1) is 21.8. The first-order valence-electron chi connectivity index (χ1n) is 9.65. The molecule has 0 bridgehead atoms. The third kappa shape index (κ3) is 5.51. The van der Waals surface area contributed by atoms with Crippen molar-refractivity contribution in [3.8, 4) is 0 Å². The molecule has 2 aromatic rings. The van der Waals surface area contributed by atoms with Crippen molar-refractivity contribution in [2.24, 2.45) is 0 Å². The molecule has 0 N–H and O–H groups in total. The largest absolute Gasteiger partial charge is 0.459 e. The Morgan fingerprint density at radius 2 is 1.96 bits per heavy atom. The summed E-state index contributed by atoms with van der Waals surface area (Å²) in [6, 6.07) is 3.64. The zero-order valence-corrected chi connectivity index (χ0v) is 17.6. The van der Waals surface area contributed by atoms with Crippen molar-refractivity contribution in [3.63, 3.8) is 0 Å². The van der Waals surface area contributed by atoms with E-state index in [9.17, 15) is 9.59 Å². The topological polar surface area (TPSA) is 82.2 Å². The van der Waals surface area contributed by atoms with Crippen LogP contribution in [0.15, 0.2) is 29.5 Å². The highest BCUT2D eigenvalue weighted by Gasteiger charge is 2.25. The van der Waals surface area contributed by atoms with Gasteiger partial charge in [-0.3, -0.25) is 19.2 Å². The summed E-state index contributed by atoms with van der Waals surface area (Å²) < 4.78 is 8.41. The van der Waals surface area contributed by atoms with E-state index < -0.39 is 6.10 Å². The number of aromatic nitrogens is 4. The van der Waals surface area contributed by atoms with Crippen LogP contribution in [0.25, 0.3) is 0 Å². The van der Waals surface area contributed by atoms with Crippen molar-refractivity contribution in [1.82, 2.24) is 24.2 Å². The number of hydrogen-bond acceptors (Lipinski definition) is 6. The first-order valence-corrected chi connectivity index (χ1v) is 9.65. The van der Waals surface area contributed by atoms with Gasteiger partial charge in [-0.1, -0.05) is 26.8 Å². The van der Waals surface area contributed by atoms with Crippen molar-refractivity contribution < 1.29 is 9.53 Å². The van der Waals surface area contributed by atoms with Crippen LogP contribution in [0.3, 0.4) is 0 Å². The highest BCUT2D eigenvalue weighted by molar-refractivity contribution is 5.71. The third-order valence-electron chi connectivity index (χ3n) is 4.64. The number of likely N-dealkylation sites (N-methyl/N-ethyl adjacent to an activating group) is 1. The van der Waals surface area contributed by atoms with Crippen LogP contribution < -0.4 is 5.69 Å². The normalized spacial score (nSPS) is 13.7. The Labute approximate surface area is 166 Å². The van der Waals surface area contributed by atoms with Gasteiger partial charge in [-0.05, 0) is 45.0 Å². The minimum atomic E-state index is -0.457. The molecular formula is C20H31N5O3. The molecule has 0 saturated heterocycles. The van der Waals surface area contributed by atoms with E-state index in [2.05, 4.69) is 23.9 Å². The lowest BCUT2D eigenvalue weighted by Crippen LogP contribution is -2.36. The maximum atomic E-state index is 12.8. The zero-order valence-electron chi connectivity index (χ0n) is 17.6. The van der Waals surface area contributed by atoms with E-state index in [4.69, 9.17) is 4.74 Å². The molecule has 28 heavy (non-hydrogen) atoms. The molecule has 0 amide bonds. The van der Waals surface area contributed by atoms with E-state index in [1.807, 2.05) is 25.3 Å². The fourth-order valence-corrected chi connectivity index (χ4v) is 3.01. The fraction of sp³-hybridized carbons (Fsp3) is 0.600. The van der Waals surface area contributed by atoms with Crippen molar-refractivity contribution in [1.29, 1.82) is 0 Å². The second-order valence-corrected chi connectivity index (χ2v) is 7.63. The molecule has 8 nitrogen and oxygen atoms in total. The number of ether oxygens (including phenoxy) is 1. The Morgan fingerprint density at radius 3 is 2.50 bits per heavy atom. The monoisotopic (exact) mass is 389 g/mol. The van der Waals surface area contributed by atoms with Gasteiger partial charge in [0, 0.05) is 6.20 Å². The minimum Gasteiger partial charge on any atom is -0.459 e. The van der Waals surface area contributed by atoms with Crippen molar-refractivity contribution in [3.05, 3.63) is 46.4 Å². The van der Waals surface area contributed by atoms with Gasteiger partial charge in [-0.15, -0.1) is 0 Å². The number of hydrogen-bond donors (Lipinski definition) is 0. The average molecular weight is 390 g/mol. The number of carbonyl (C=O) groups is 1. The molecule has 0 fully saturated rings. The van der Waals surface area contributed by atoms with Gasteiger partial charge in [-0.25, -0.2) is 9.48 Å². The minimum absolute atomic E-state index is 0.197. The molecule has 0 aliphatic rings. The number of esters is 1. The van der Waals surface area contributed by atoms with Crippen LogP contribution in [0.5, 0.6) is 0 Å². The van der Waals surface area contributed by atoms with E-state index in [1.165, 1.54) is 15.6 Å². The van der Waals surface area contributed by atoms with Crippen LogP contribution in [-0.4, -0.2) is 56.9 Å². The van der Waals surface area contributed by atoms with Crippen LogP contribution >= 0.6 is 0 Å². The van der Waals surface area contributed by atoms with Crippen LogP contribution in [0, 0.1) is 0 Å². The maximum absolute atomic E-state index is 12.8. The molecule has 0 aliphatic heterocycles. The van der Waals surface area contributed by atoms with Crippen LogP contribution in [0.4, 0.5) is 0 Å². The van der Waals surface area contributed by atoms with Crippen molar-refractivity contribution in [2.75, 3.05) is 20.6 Å². The molecule has 2 aromatic heterocycles. The zero-order chi connectivity index (χ0) is 20.8. The smallest absolute Gasteiger partial charge is 0.346 e. The van der Waals surface area contributed by atoms with Crippen molar-refractivity contribution in [2.45, 2.75) is 58.7 Å². The van der Waals surface area contributed by atoms with Crippen LogP contribution in [-0.2, 0) is 16.1 Å². The molecule has 8 heteroatoms. The van der Waals surface area contributed by atoms with E-state index >= 15 is 0 Å². The Balaban J connectivity index is 2.13. The van der Waals surface area contributed by atoms with Crippen molar-refractivity contribution >= 4 is 5.97 Å². The third-order valence-corrected chi connectivity index (χ3v) is 4.64. The Bertz CT molecular complexity index is 823. The molecule has 2 rings (SSSR count). The predicted molar refractivity (Wildman–Crippen MR) is 107 cm³/mol. The molecule has 0 radical (unpaired) electrons. The molecule has 2 atom stereocenters. The summed E-state index contributed by atoms with van der Waals surface area (Å²) in [6.07, 6.45) is 3.52. The summed E-state index contributed by atoms with van der Waals surface area (Å²) in [5, 5.41) is 4.26. The molecule has 2 heterocycles. The molecular weight excluding hydrogens is 358 g/mol. The molecule has 0 spiro atoms. The van der Waals surface area contributed by atoms with Gasteiger partial charge in [0.15, 0.2) is 0 Å². The Morgan fingerprint density at radius 1 is 1.25 bits per heavy atom. The van der Waals surface area contributed by atoms with E-state index in [1.54, 1.807) is 25.9 Å². The lowest BCUT2D eigenvalue weighted by molar-refractivity contribution is -0.151. The van der Waals surface area contributed by atoms with Gasteiger partial charge in [0.2, 0.25) is 0 Å². The average Bonchev–Trinajstić information content (AvgIpc) is 2.96. The molecule has 0 aliphatic carbocycles. The van der Waals surface area contributed by atoms with E-state index in [-0.39, 0.29) is 24.2 Å². The van der Waals surface area contributed by atoms with Gasteiger partial charge in [0.05, 0.1) is 24.8 Å². The van der Waals surface area contributed by atoms with Gasteiger partial charge in [-0.2, -0.15) is 5.10 Å². The van der Waals surface area contributed by atoms with Gasteiger partial charge in [0.25, 0.3) is 0 Å². The summed E-state index contributed by atoms with van der Waals surface area (Å²) in [5.74, 6) is 0.0897. The van der Waals surface area contributed by atoms with Crippen LogP contribution in [0.2, 0.25) is 0 Å². The summed E-state index contributed by atoms with van der Waals surface area (Å²) in [6.45, 7) is 8.51. The lowest BCUT2D eigenvalue weighted by Gasteiger charge is -2.23. The molecule has 0 saturated carbocycles. The first-order chi connectivity index (χ1) is 13.2. The summed E-state index contributed by atoms with van der Waals surface area (Å²) in [4.78, 5) is 30.9. The maximum Gasteiger partial charge on any atom is 0.346 e. The number of pyridine rings is 1. The Hall–Kier alpha value is -2.48. The second-order valence-electron chi connectivity index (χ2n) is 7.63. The van der Waals surface area contributed by atoms with Crippen LogP contribution in [0.1, 0.15) is 57.3 Å². The highest BCUT2D eigenvalue weighted by atomic mass is 16.5. The Kier molecular flexibility index (Phi) is 7.51. The summed E-state index contributed by atoms with van der Waals surface area (Å²) >= 11 is 0. The standard InChI is InChI=1S/C20H31N5O3/c1-7-18(15(4)28-19(26)12-23(5)6)25-20(27)24(13-22-25)11-17-9-8-16(10-21-17)14(2)3/h8-10,13-15,18H,7,11-12H2,1-6H3/t15-,18-/m0/s1. The SMILES string of the molecule is CC[C@@H]([C@H](C)OC(=O)CN(C)C)n1ncn(Cc2ccc(C(C)C)cn2)c1=O. The molecule has 0 unspecified atom stereocenters. The summed E-state index contributed by atoms with van der Waals surface area (Å²) in [5.41, 5.74) is 1.72. The fourth-order valence-electron chi connectivity index (χ4n) is 3.01. The number of carbonyl (C=O) groups excluding carboxylic acids is 1.